The van der Waals surface area contributed by atoms with E-state index in [1.165, 1.54) is 0 Å². The molecule has 4 N–H and O–H groups in total. The molecule has 1 unspecified atom stereocenters. The van der Waals surface area contributed by atoms with Crippen molar-refractivity contribution in [3.63, 3.8) is 0 Å². The zero-order valence-corrected chi connectivity index (χ0v) is 14.4. The second-order valence-corrected chi connectivity index (χ2v) is 6.16. The molecule has 0 aromatic heterocycles. The van der Waals surface area contributed by atoms with Gasteiger partial charge in [0.25, 0.3) is 5.91 Å². The summed E-state index contributed by atoms with van der Waals surface area (Å²) in [5.74, 6) is -0.216. The van der Waals surface area contributed by atoms with Gasteiger partial charge in [0.1, 0.15) is 0 Å². The lowest BCUT2D eigenvalue weighted by molar-refractivity contribution is -0.126. The minimum atomic E-state index is -0.839. The van der Waals surface area contributed by atoms with E-state index >= 15 is 0 Å². The van der Waals surface area contributed by atoms with Crippen LogP contribution in [-0.2, 0) is 11.3 Å². The molecular weight excluding hydrogens is 290 g/mol. The fraction of sp³-hybridized carbons (Fsp3) is 0.556. The molecule has 0 saturated carbocycles. The van der Waals surface area contributed by atoms with Crippen LogP contribution in [0.3, 0.4) is 0 Å². The first-order valence-corrected chi connectivity index (χ1v) is 8.35. The zero-order chi connectivity index (χ0) is 17.3. The van der Waals surface area contributed by atoms with E-state index in [1.54, 1.807) is 19.1 Å². The van der Waals surface area contributed by atoms with Crippen LogP contribution in [0.4, 0.5) is 0 Å². The fourth-order valence-corrected chi connectivity index (χ4v) is 2.27. The van der Waals surface area contributed by atoms with Crippen molar-refractivity contribution < 1.29 is 9.59 Å². The summed E-state index contributed by atoms with van der Waals surface area (Å²) in [4.78, 5) is 24.0. The van der Waals surface area contributed by atoms with Crippen LogP contribution in [-0.4, -0.2) is 23.9 Å². The molecule has 23 heavy (non-hydrogen) atoms. The molecule has 5 heteroatoms. The molecule has 0 heterocycles. The van der Waals surface area contributed by atoms with Gasteiger partial charge in [-0.1, -0.05) is 38.8 Å². The molecule has 0 spiro atoms. The molecule has 2 amide bonds. The van der Waals surface area contributed by atoms with Crippen molar-refractivity contribution in [1.82, 2.24) is 10.6 Å². The van der Waals surface area contributed by atoms with E-state index in [0.29, 0.717) is 25.1 Å². The Morgan fingerprint density at radius 2 is 1.74 bits per heavy atom. The lowest BCUT2D eigenvalue weighted by atomic mass is 9.96. The second kappa shape index (κ2) is 9.30. The van der Waals surface area contributed by atoms with Gasteiger partial charge in [-0.05, 0) is 37.5 Å². The lowest BCUT2D eigenvalue weighted by Gasteiger charge is -2.22. The molecular formula is C18H29N3O2. The van der Waals surface area contributed by atoms with Gasteiger partial charge in [0, 0.05) is 18.7 Å². The highest BCUT2D eigenvalue weighted by atomic mass is 16.2. The largest absolute Gasteiger partial charge is 0.352 e. The van der Waals surface area contributed by atoms with Gasteiger partial charge in [-0.3, -0.25) is 9.59 Å². The molecule has 0 radical (unpaired) electrons. The Hall–Kier alpha value is -1.88. The van der Waals surface area contributed by atoms with Crippen molar-refractivity contribution in [2.75, 3.05) is 6.54 Å². The quantitative estimate of drug-likeness (QED) is 0.611. The van der Waals surface area contributed by atoms with E-state index in [0.717, 1.165) is 24.8 Å². The number of rotatable bonds is 9. The van der Waals surface area contributed by atoms with Gasteiger partial charge in [-0.2, -0.15) is 0 Å². The first-order chi connectivity index (χ1) is 10.9. The van der Waals surface area contributed by atoms with Crippen molar-refractivity contribution in [1.29, 1.82) is 0 Å². The molecule has 1 aromatic carbocycles. The van der Waals surface area contributed by atoms with Crippen molar-refractivity contribution in [3.8, 4) is 0 Å². The molecule has 0 saturated heterocycles. The van der Waals surface area contributed by atoms with Crippen LogP contribution < -0.4 is 16.4 Å². The Labute approximate surface area is 139 Å². The standard InChI is InChI=1S/C18H29N3O2/c1-4-6-12-20-16(22)15-9-7-14(8-10-15)13-21-17(23)18(3,19)11-5-2/h7-10H,4-6,11-13,19H2,1-3H3,(H,20,22)(H,21,23). The third-order valence-electron chi connectivity index (χ3n) is 3.77. The maximum absolute atomic E-state index is 12.0. The van der Waals surface area contributed by atoms with Gasteiger partial charge in [-0.15, -0.1) is 0 Å². The Morgan fingerprint density at radius 1 is 1.09 bits per heavy atom. The smallest absolute Gasteiger partial charge is 0.251 e. The van der Waals surface area contributed by atoms with Gasteiger partial charge in [0.05, 0.1) is 5.54 Å². The normalized spacial score (nSPS) is 13.2. The maximum Gasteiger partial charge on any atom is 0.251 e. The maximum atomic E-state index is 12.0. The van der Waals surface area contributed by atoms with Crippen molar-refractivity contribution in [2.24, 2.45) is 5.73 Å². The third kappa shape index (κ3) is 6.40. The highest BCUT2D eigenvalue weighted by Gasteiger charge is 2.26. The topological polar surface area (TPSA) is 84.2 Å². The number of nitrogens with one attached hydrogen (secondary N) is 2. The Balaban J connectivity index is 2.51. The molecule has 0 aliphatic carbocycles. The van der Waals surface area contributed by atoms with Crippen LogP contribution in [0.2, 0.25) is 0 Å². The van der Waals surface area contributed by atoms with Gasteiger partial charge >= 0.3 is 0 Å². The summed E-state index contributed by atoms with van der Waals surface area (Å²) in [6, 6.07) is 7.25. The van der Waals surface area contributed by atoms with Gasteiger partial charge in [0.2, 0.25) is 5.91 Å². The number of hydrogen-bond donors (Lipinski definition) is 3. The summed E-state index contributed by atoms with van der Waals surface area (Å²) >= 11 is 0. The Bertz CT molecular complexity index is 510. The number of hydrogen-bond acceptors (Lipinski definition) is 3. The minimum absolute atomic E-state index is 0.0634. The highest BCUT2D eigenvalue weighted by molar-refractivity contribution is 5.94. The van der Waals surface area contributed by atoms with E-state index in [4.69, 9.17) is 5.73 Å². The summed E-state index contributed by atoms with van der Waals surface area (Å²) in [5, 5.41) is 5.73. The van der Waals surface area contributed by atoms with E-state index in [9.17, 15) is 9.59 Å². The van der Waals surface area contributed by atoms with Crippen molar-refractivity contribution >= 4 is 11.8 Å². The first-order valence-electron chi connectivity index (χ1n) is 8.35. The summed E-state index contributed by atoms with van der Waals surface area (Å²) < 4.78 is 0. The number of carbonyl (C=O) groups is 2. The zero-order valence-electron chi connectivity index (χ0n) is 14.4. The van der Waals surface area contributed by atoms with E-state index < -0.39 is 5.54 Å². The van der Waals surface area contributed by atoms with Crippen LogP contribution in [0, 0.1) is 0 Å². The predicted molar refractivity (Wildman–Crippen MR) is 93.0 cm³/mol. The summed E-state index contributed by atoms with van der Waals surface area (Å²) in [5.41, 5.74) is 6.72. The van der Waals surface area contributed by atoms with Crippen molar-refractivity contribution in [2.45, 2.75) is 58.5 Å². The van der Waals surface area contributed by atoms with Crippen LogP contribution in [0.1, 0.15) is 62.4 Å². The van der Waals surface area contributed by atoms with Crippen LogP contribution >= 0.6 is 0 Å². The second-order valence-electron chi connectivity index (χ2n) is 6.16. The SMILES string of the molecule is CCCCNC(=O)c1ccc(CNC(=O)C(C)(N)CCC)cc1. The van der Waals surface area contributed by atoms with Gasteiger partial charge < -0.3 is 16.4 Å². The highest BCUT2D eigenvalue weighted by Crippen LogP contribution is 2.10. The molecule has 0 bridgehead atoms. The van der Waals surface area contributed by atoms with Crippen LogP contribution in [0.15, 0.2) is 24.3 Å². The average molecular weight is 319 g/mol. The summed E-state index contributed by atoms with van der Waals surface area (Å²) in [6.07, 6.45) is 3.54. The predicted octanol–water partition coefficient (Wildman–Crippen LogP) is 2.35. The van der Waals surface area contributed by atoms with Gasteiger partial charge in [0.15, 0.2) is 0 Å². The van der Waals surface area contributed by atoms with E-state index in [-0.39, 0.29) is 11.8 Å². The molecule has 1 rings (SSSR count). The molecule has 128 valence electrons. The van der Waals surface area contributed by atoms with Gasteiger partial charge in [-0.25, -0.2) is 0 Å². The molecule has 0 fully saturated rings. The number of nitrogens with two attached hydrogens (primary N) is 1. The number of amides is 2. The van der Waals surface area contributed by atoms with Crippen LogP contribution in [0.5, 0.6) is 0 Å². The lowest BCUT2D eigenvalue weighted by Crippen LogP contribution is -2.51. The molecule has 5 nitrogen and oxygen atoms in total. The third-order valence-corrected chi connectivity index (χ3v) is 3.77. The number of carbonyl (C=O) groups excluding carboxylic acids is 2. The van der Waals surface area contributed by atoms with E-state index in [2.05, 4.69) is 17.6 Å². The number of unbranched alkanes of at least 4 members (excludes halogenated alkanes) is 1. The molecule has 1 atom stereocenters. The monoisotopic (exact) mass is 319 g/mol. The van der Waals surface area contributed by atoms with E-state index in [1.807, 2.05) is 19.1 Å². The van der Waals surface area contributed by atoms with Crippen LogP contribution in [0.25, 0.3) is 0 Å². The van der Waals surface area contributed by atoms with Crippen molar-refractivity contribution in [3.05, 3.63) is 35.4 Å². The summed E-state index contributed by atoms with van der Waals surface area (Å²) in [6.45, 7) is 6.94. The Kier molecular flexibility index (Phi) is 7.75. The Morgan fingerprint density at radius 3 is 2.30 bits per heavy atom. The molecule has 1 aromatic rings. The summed E-state index contributed by atoms with van der Waals surface area (Å²) in [7, 11) is 0. The number of benzene rings is 1. The average Bonchev–Trinajstić information content (AvgIpc) is 2.53. The fourth-order valence-electron chi connectivity index (χ4n) is 2.27. The first kappa shape index (κ1) is 19.2. The minimum Gasteiger partial charge on any atom is -0.352 e. The molecule has 0 aliphatic rings. The molecule has 0 aliphatic heterocycles.